The lowest BCUT2D eigenvalue weighted by Gasteiger charge is -2.35. The number of aromatic nitrogens is 2. The predicted molar refractivity (Wildman–Crippen MR) is 157 cm³/mol. The maximum atomic E-state index is 13.5. The third-order valence-corrected chi connectivity index (χ3v) is 10.3. The van der Waals surface area contributed by atoms with Gasteiger partial charge >= 0.3 is 6.01 Å². The molecular weight excluding hydrogens is 517 g/mol. The van der Waals surface area contributed by atoms with Gasteiger partial charge in [-0.2, -0.15) is 9.97 Å². The number of benzene rings is 2. The highest BCUT2D eigenvalue weighted by Crippen LogP contribution is 2.58. The second-order valence-electron chi connectivity index (χ2n) is 12.6. The monoisotopic (exact) mass is 553 g/mol. The van der Waals surface area contributed by atoms with Crippen LogP contribution in [0.3, 0.4) is 0 Å². The lowest BCUT2D eigenvalue weighted by molar-refractivity contribution is -0.128. The van der Waals surface area contributed by atoms with E-state index in [9.17, 15) is 9.18 Å². The van der Waals surface area contributed by atoms with E-state index in [-0.39, 0.29) is 5.54 Å². The molecule has 2 atom stereocenters. The summed E-state index contributed by atoms with van der Waals surface area (Å²) in [6.45, 7) is 8.02. The topological polar surface area (TPSA) is 61.8 Å². The van der Waals surface area contributed by atoms with Gasteiger partial charge < -0.3 is 14.5 Å². The Morgan fingerprint density at radius 3 is 2.63 bits per heavy atom. The van der Waals surface area contributed by atoms with Crippen molar-refractivity contribution < 1.29 is 13.9 Å². The van der Waals surface area contributed by atoms with Gasteiger partial charge in [-0.15, -0.1) is 0 Å². The van der Waals surface area contributed by atoms with Gasteiger partial charge in [0.15, 0.2) is 5.83 Å². The molecule has 41 heavy (non-hydrogen) atoms. The van der Waals surface area contributed by atoms with Crippen molar-refractivity contribution in [2.75, 3.05) is 50.8 Å². The number of halogens is 1. The number of fused-ring (bicyclic) bond motifs is 5. The Morgan fingerprint density at radius 2 is 1.85 bits per heavy atom. The zero-order valence-corrected chi connectivity index (χ0v) is 23.4. The lowest BCUT2D eigenvalue weighted by atomic mass is 9.94. The first-order chi connectivity index (χ1) is 20.0. The summed E-state index contributed by atoms with van der Waals surface area (Å²) in [6, 6.07) is 13.7. The molecule has 1 aromatic heterocycles. The first kappa shape index (κ1) is 25.2. The van der Waals surface area contributed by atoms with Crippen molar-refractivity contribution in [2.24, 2.45) is 5.92 Å². The summed E-state index contributed by atoms with van der Waals surface area (Å²) in [6.07, 6.45) is 7.27. The fourth-order valence-corrected chi connectivity index (χ4v) is 8.11. The number of hydrogen-bond donors (Lipinski definition) is 0. The van der Waals surface area contributed by atoms with Crippen LogP contribution in [0.5, 0.6) is 6.01 Å². The van der Waals surface area contributed by atoms with Crippen molar-refractivity contribution in [1.82, 2.24) is 19.8 Å². The number of rotatable bonds is 6. The molecule has 212 valence electrons. The highest BCUT2D eigenvalue weighted by molar-refractivity contribution is 5.94. The quantitative estimate of drug-likeness (QED) is 0.396. The Bertz CT molecular complexity index is 1550. The third-order valence-electron chi connectivity index (χ3n) is 10.3. The highest BCUT2D eigenvalue weighted by atomic mass is 19.1. The normalized spacial score (nSPS) is 24.3. The average molecular weight is 554 g/mol. The molecule has 7 nitrogen and oxygen atoms in total. The van der Waals surface area contributed by atoms with Crippen LogP contribution in [0, 0.1) is 5.92 Å². The molecule has 2 unspecified atom stereocenters. The first-order valence-corrected chi connectivity index (χ1v) is 15.2. The van der Waals surface area contributed by atoms with E-state index in [1.807, 2.05) is 0 Å². The zero-order valence-electron chi connectivity index (χ0n) is 23.4. The van der Waals surface area contributed by atoms with Crippen LogP contribution in [0.4, 0.5) is 10.2 Å². The molecular formula is C33H36FN5O2. The summed E-state index contributed by atoms with van der Waals surface area (Å²) < 4.78 is 20.0. The molecule has 4 fully saturated rings. The Labute approximate surface area is 240 Å². The van der Waals surface area contributed by atoms with Crippen molar-refractivity contribution in [3.8, 4) is 17.1 Å². The van der Waals surface area contributed by atoms with Crippen LogP contribution < -0.4 is 9.64 Å². The molecule has 1 saturated carbocycles. The molecule has 0 radical (unpaired) electrons. The Kier molecular flexibility index (Phi) is 5.85. The fourth-order valence-electron chi connectivity index (χ4n) is 8.11. The van der Waals surface area contributed by atoms with E-state index in [4.69, 9.17) is 14.7 Å². The van der Waals surface area contributed by atoms with Crippen LogP contribution in [0.1, 0.15) is 49.1 Å². The van der Waals surface area contributed by atoms with Crippen molar-refractivity contribution in [3.05, 3.63) is 59.9 Å². The second-order valence-corrected chi connectivity index (χ2v) is 12.6. The van der Waals surface area contributed by atoms with Crippen LogP contribution in [-0.2, 0) is 11.2 Å². The minimum Gasteiger partial charge on any atom is -0.461 e. The molecule has 2 aliphatic carbocycles. The highest BCUT2D eigenvalue weighted by Gasteiger charge is 2.46. The van der Waals surface area contributed by atoms with Crippen molar-refractivity contribution in [2.45, 2.75) is 50.0 Å². The average Bonchev–Trinajstić information content (AvgIpc) is 3.28. The minimum absolute atomic E-state index is 0.104. The molecule has 2 aromatic carbocycles. The molecule has 0 spiro atoms. The van der Waals surface area contributed by atoms with Gasteiger partial charge in [-0.3, -0.25) is 9.69 Å². The predicted octanol–water partition coefficient (Wildman–Crippen LogP) is 5.10. The molecule has 5 aliphatic rings. The molecule has 0 N–H and O–H groups in total. The number of piperazine rings is 1. The molecule has 3 aromatic rings. The van der Waals surface area contributed by atoms with Crippen LogP contribution in [0.15, 0.2) is 48.8 Å². The van der Waals surface area contributed by atoms with E-state index < -0.39 is 11.7 Å². The molecule has 0 bridgehead atoms. The first-order valence-electron chi connectivity index (χ1n) is 15.2. The fraction of sp³-hybridized carbons (Fsp3) is 0.485. The molecule has 4 heterocycles. The van der Waals surface area contributed by atoms with E-state index in [0.29, 0.717) is 44.7 Å². The lowest BCUT2D eigenvalue weighted by Crippen LogP contribution is -2.49. The molecule has 3 aliphatic heterocycles. The van der Waals surface area contributed by atoms with E-state index in [1.165, 1.54) is 52.8 Å². The van der Waals surface area contributed by atoms with Gasteiger partial charge in [0.1, 0.15) is 12.4 Å². The summed E-state index contributed by atoms with van der Waals surface area (Å²) >= 11 is 0. The van der Waals surface area contributed by atoms with Crippen LogP contribution >= 0.6 is 0 Å². The Balaban J connectivity index is 1.15. The van der Waals surface area contributed by atoms with Gasteiger partial charge in [0.25, 0.3) is 5.91 Å². The Hall–Kier alpha value is -3.52. The van der Waals surface area contributed by atoms with Crippen molar-refractivity contribution in [1.29, 1.82) is 0 Å². The van der Waals surface area contributed by atoms with Crippen LogP contribution in [-0.4, -0.2) is 77.1 Å². The largest absolute Gasteiger partial charge is 0.461 e. The summed E-state index contributed by atoms with van der Waals surface area (Å²) in [7, 11) is 0. The number of anilines is 1. The SMILES string of the molecule is C=C(F)C(=O)N1CCN(c2nc(OCC34CCCN3CCC4)nc3cc(-c4cccc5c4C4CC4C5)ccc23)CC1. The standard InChI is InChI=1S/C33H36FN5O2/c1-21(34)31(40)38-15-13-37(14-16-38)30-26-8-7-22(25-6-2-5-23-17-24-18-27(24)29(23)25)19-28(26)35-32(36-30)41-20-33-9-3-11-39(33)12-4-10-33/h2,5-8,19,24,27H,1,3-4,9-18,20H2. The smallest absolute Gasteiger partial charge is 0.319 e. The van der Waals surface area contributed by atoms with E-state index in [1.54, 1.807) is 0 Å². The van der Waals surface area contributed by atoms with Gasteiger partial charge in [-0.1, -0.05) is 30.8 Å². The van der Waals surface area contributed by atoms with Gasteiger partial charge in [0.05, 0.1) is 11.1 Å². The zero-order chi connectivity index (χ0) is 27.7. The minimum atomic E-state index is -0.911. The summed E-state index contributed by atoms with van der Waals surface area (Å²) in [5, 5.41) is 0.967. The summed E-state index contributed by atoms with van der Waals surface area (Å²) in [4.78, 5) is 28.4. The summed E-state index contributed by atoms with van der Waals surface area (Å²) in [5.41, 5.74) is 6.50. The van der Waals surface area contributed by atoms with Crippen molar-refractivity contribution >= 4 is 22.6 Å². The summed E-state index contributed by atoms with van der Waals surface area (Å²) in [5.74, 6) is 0.805. The number of amides is 1. The van der Waals surface area contributed by atoms with E-state index >= 15 is 0 Å². The number of nitrogens with zero attached hydrogens (tertiary/aromatic N) is 5. The van der Waals surface area contributed by atoms with Gasteiger partial charge in [-0.25, -0.2) is 4.39 Å². The van der Waals surface area contributed by atoms with E-state index in [0.717, 1.165) is 48.6 Å². The number of carbonyl (C=O) groups excluding carboxylic acids is 1. The molecule has 1 amide bonds. The molecule has 3 saturated heterocycles. The van der Waals surface area contributed by atoms with Crippen molar-refractivity contribution in [3.63, 3.8) is 0 Å². The third kappa shape index (κ3) is 4.21. The maximum Gasteiger partial charge on any atom is 0.319 e. The number of ether oxygens (including phenoxy) is 1. The number of hydrogen-bond acceptors (Lipinski definition) is 6. The van der Waals surface area contributed by atoms with Gasteiger partial charge in [-0.05, 0) is 97.8 Å². The van der Waals surface area contributed by atoms with Crippen LogP contribution in [0.25, 0.3) is 22.0 Å². The maximum absolute atomic E-state index is 13.5. The molecule has 8 heteroatoms. The van der Waals surface area contributed by atoms with Crippen LogP contribution in [0.2, 0.25) is 0 Å². The van der Waals surface area contributed by atoms with E-state index in [2.05, 4.69) is 52.8 Å². The number of carbonyl (C=O) groups is 1. The molecule has 8 rings (SSSR count). The van der Waals surface area contributed by atoms with Gasteiger partial charge in [0.2, 0.25) is 0 Å². The van der Waals surface area contributed by atoms with Gasteiger partial charge in [0, 0.05) is 31.6 Å². The Morgan fingerprint density at radius 1 is 1.05 bits per heavy atom. The second kappa shape index (κ2) is 9.51.